The van der Waals surface area contributed by atoms with Crippen LogP contribution in [0.25, 0.3) is 22.3 Å². The Balaban J connectivity index is 2.09. The summed E-state index contributed by atoms with van der Waals surface area (Å²) in [5, 5.41) is 0.768. The lowest BCUT2D eigenvalue weighted by atomic mass is 10.1. The minimum absolute atomic E-state index is 0.468. The van der Waals surface area contributed by atoms with Gasteiger partial charge in [-0.1, -0.05) is 12.1 Å². The first kappa shape index (κ1) is 15.0. The van der Waals surface area contributed by atoms with Crippen LogP contribution in [0.4, 0.5) is 10.5 Å². The molecule has 0 saturated heterocycles. The molecule has 6 nitrogen and oxygen atoms in total. The van der Waals surface area contributed by atoms with Crippen molar-refractivity contribution in [1.82, 2.24) is 14.5 Å². The molecule has 2 heterocycles. The lowest BCUT2D eigenvalue weighted by Gasteiger charge is -2.19. The number of nitrogens with zero attached hydrogens (tertiary/aromatic N) is 3. The Morgan fingerprint density at radius 2 is 2.00 bits per heavy atom. The molecule has 3 rings (SSSR count). The molecule has 0 fully saturated rings. The second kappa shape index (κ2) is 5.39. The molecule has 0 amide bonds. The van der Waals surface area contributed by atoms with E-state index in [4.69, 9.17) is 10.5 Å². The standard InChI is InChI=1S/C17H18N4O2/c1-17(2,3)23-16(22)21-8-7-13-14(19-10-20-15(13)21)11-5-4-6-12(18)9-11/h4-10H,18H2,1-3H3. The van der Waals surface area contributed by atoms with Crippen LogP contribution in [-0.4, -0.2) is 26.2 Å². The Kier molecular flexibility index (Phi) is 3.52. The predicted molar refractivity (Wildman–Crippen MR) is 89.0 cm³/mol. The fraction of sp³-hybridized carbons (Fsp3) is 0.235. The maximum atomic E-state index is 12.3. The van der Waals surface area contributed by atoms with Gasteiger partial charge in [0.05, 0.1) is 5.69 Å². The van der Waals surface area contributed by atoms with Gasteiger partial charge in [-0.3, -0.25) is 0 Å². The molecule has 0 aliphatic heterocycles. The van der Waals surface area contributed by atoms with Crippen molar-refractivity contribution in [3.8, 4) is 11.3 Å². The first-order valence-electron chi connectivity index (χ1n) is 7.26. The zero-order valence-corrected chi connectivity index (χ0v) is 13.3. The number of hydrogen-bond acceptors (Lipinski definition) is 5. The molecule has 0 aliphatic carbocycles. The van der Waals surface area contributed by atoms with Crippen molar-refractivity contribution in [2.24, 2.45) is 0 Å². The predicted octanol–water partition coefficient (Wildman–Crippen LogP) is 3.46. The molecule has 0 saturated carbocycles. The average Bonchev–Trinajstić information content (AvgIpc) is 2.89. The zero-order chi connectivity index (χ0) is 16.6. The quantitative estimate of drug-likeness (QED) is 0.696. The van der Waals surface area contributed by atoms with E-state index in [1.54, 1.807) is 12.3 Å². The van der Waals surface area contributed by atoms with Crippen molar-refractivity contribution in [3.05, 3.63) is 42.9 Å². The number of aromatic nitrogens is 3. The van der Waals surface area contributed by atoms with Crippen LogP contribution < -0.4 is 5.73 Å². The van der Waals surface area contributed by atoms with Crippen LogP contribution in [0.5, 0.6) is 0 Å². The molecule has 0 radical (unpaired) electrons. The molecule has 23 heavy (non-hydrogen) atoms. The van der Waals surface area contributed by atoms with Gasteiger partial charge in [-0.2, -0.15) is 0 Å². The highest BCUT2D eigenvalue weighted by molar-refractivity contribution is 5.95. The molecule has 3 aromatic rings. The van der Waals surface area contributed by atoms with Crippen molar-refractivity contribution in [3.63, 3.8) is 0 Å². The van der Waals surface area contributed by atoms with Gasteiger partial charge in [0.15, 0.2) is 5.65 Å². The summed E-state index contributed by atoms with van der Waals surface area (Å²) in [4.78, 5) is 20.9. The number of nitrogens with two attached hydrogens (primary N) is 1. The first-order chi connectivity index (χ1) is 10.8. The highest BCUT2D eigenvalue weighted by Crippen LogP contribution is 2.27. The van der Waals surface area contributed by atoms with Gasteiger partial charge in [0.2, 0.25) is 0 Å². The van der Waals surface area contributed by atoms with Gasteiger partial charge in [0.25, 0.3) is 0 Å². The molecule has 118 valence electrons. The van der Waals surface area contributed by atoms with Crippen molar-refractivity contribution < 1.29 is 9.53 Å². The fourth-order valence-corrected chi connectivity index (χ4v) is 2.33. The Bertz CT molecular complexity index is 878. The summed E-state index contributed by atoms with van der Waals surface area (Å²) in [7, 11) is 0. The molecule has 1 aromatic carbocycles. The summed E-state index contributed by atoms with van der Waals surface area (Å²) in [6.45, 7) is 5.47. The van der Waals surface area contributed by atoms with E-state index in [2.05, 4.69) is 9.97 Å². The number of anilines is 1. The summed E-state index contributed by atoms with van der Waals surface area (Å²) in [5.41, 5.74) is 8.03. The van der Waals surface area contributed by atoms with Crippen LogP contribution >= 0.6 is 0 Å². The lowest BCUT2D eigenvalue weighted by Crippen LogP contribution is -2.26. The lowest BCUT2D eigenvalue weighted by molar-refractivity contribution is 0.0543. The first-order valence-corrected chi connectivity index (χ1v) is 7.26. The SMILES string of the molecule is CC(C)(C)OC(=O)n1ccc2c(-c3cccc(N)c3)ncnc21. The van der Waals surface area contributed by atoms with E-state index < -0.39 is 11.7 Å². The Morgan fingerprint density at radius 3 is 2.70 bits per heavy atom. The second-order valence-electron chi connectivity index (χ2n) is 6.25. The summed E-state index contributed by atoms with van der Waals surface area (Å²) in [6.07, 6.45) is 2.61. The smallest absolute Gasteiger partial charge is 0.420 e. The van der Waals surface area contributed by atoms with E-state index in [0.717, 1.165) is 16.6 Å². The molecule has 0 bridgehead atoms. The van der Waals surface area contributed by atoms with Gasteiger partial charge in [0, 0.05) is 22.8 Å². The molecule has 0 aliphatic rings. The van der Waals surface area contributed by atoms with Crippen molar-refractivity contribution >= 4 is 22.8 Å². The van der Waals surface area contributed by atoms with Gasteiger partial charge < -0.3 is 10.5 Å². The Labute approximate surface area is 133 Å². The van der Waals surface area contributed by atoms with Crippen LogP contribution in [0.15, 0.2) is 42.9 Å². The molecule has 0 unspecified atom stereocenters. The minimum Gasteiger partial charge on any atom is -0.443 e. The number of hydrogen-bond donors (Lipinski definition) is 1. The van der Waals surface area contributed by atoms with E-state index in [-0.39, 0.29) is 0 Å². The van der Waals surface area contributed by atoms with E-state index >= 15 is 0 Å². The van der Waals surface area contributed by atoms with Crippen molar-refractivity contribution in [1.29, 1.82) is 0 Å². The number of carbonyl (C=O) groups is 1. The zero-order valence-electron chi connectivity index (χ0n) is 13.3. The maximum Gasteiger partial charge on any atom is 0.420 e. The van der Waals surface area contributed by atoms with Crippen LogP contribution in [0.2, 0.25) is 0 Å². The van der Waals surface area contributed by atoms with Crippen LogP contribution in [0.1, 0.15) is 20.8 Å². The molecule has 0 atom stereocenters. The number of benzene rings is 1. The normalized spacial score (nSPS) is 11.6. The maximum absolute atomic E-state index is 12.3. The van der Waals surface area contributed by atoms with Crippen molar-refractivity contribution in [2.45, 2.75) is 26.4 Å². The van der Waals surface area contributed by atoms with Crippen LogP contribution in [-0.2, 0) is 4.74 Å². The number of rotatable bonds is 1. The number of ether oxygens (including phenoxy) is 1. The molecule has 2 N–H and O–H groups in total. The molecular formula is C17H18N4O2. The Morgan fingerprint density at radius 1 is 1.22 bits per heavy atom. The number of carbonyl (C=O) groups excluding carboxylic acids is 1. The van der Waals surface area contributed by atoms with E-state index in [0.29, 0.717) is 11.3 Å². The summed E-state index contributed by atoms with van der Waals surface area (Å²) in [6, 6.07) is 9.24. The van der Waals surface area contributed by atoms with E-state index in [9.17, 15) is 4.79 Å². The number of fused-ring (bicyclic) bond motifs is 1. The molecule has 2 aromatic heterocycles. The number of nitrogen functional groups attached to an aromatic ring is 1. The molecule has 0 spiro atoms. The Hall–Kier alpha value is -2.89. The van der Waals surface area contributed by atoms with Gasteiger partial charge in [0.1, 0.15) is 11.9 Å². The third kappa shape index (κ3) is 3.01. The highest BCUT2D eigenvalue weighted by atomic mass is 16.6. The van der Waals surface area contributed by atoms with Gasteiger partial charge in [-0.25, -0.2) is 19.3 Å². The van der Waals surface area contributed by atoms with Crippen molar-refractivity contribution in [2.75, 3.05) is 5.73 Å². The molecular weight excluding hydrogens is 292 g/mol. The minimum atomic E-state index is -0.572. The highest BCUT2D eigenvalue weighted by Gasteiger charge is 2.20. The van der Waals surface area contributed by atoms with Gasteiger partial charge in [-0.05, 0) is 39.0 Å². The fourth-order valence-electron chi connectivity index (χ4n) is 2.33. The topological polar surface area (TPSA) is 83.0 Å². The summed E-state index contributed by atoms with van der Waals surface area (Å²) in [5.74, 6) is 0. The largest absolute Gasteiger partial charge is 0.443 e. The van der Waals surface area contributed by atoms with Crippen LogP contribution in [0, 0.1) is 0 Å². The second-order valence-corrected chi connectivity index (χ2v) is 6.25. The third-order valence-corrected chi connectivity index (χ3v) is 3.23. The monoisotopic (exact) mass is 310 g/mol. The van der Waals surface area contributed by atoms with Gasteiger partial charge in [-0.15, -0.1) is 0 Å². The van der Waals surface area contributed by atoms with Gasteiger partial charge >= 0.3 is 6.09 Å². The average molecular weight is 310 g/mol. The van der Waals surface area contributed by atoms with E-state index in [1.807, 2.05) is 45.0 Å². The van der Waals surface area contributed by atoms with E-state index in [1.165, 1.54) is 10.9 Å². The third-order valence-electron chi connectivity index (χ3n) is 3.23. The summed E-state index contributed by atoms with van der Waals surface area (Å²) >= 11 is 0. The van der Waals surface area contributed by atoms with Crippen LogP contribution in [0.3, 0.4) is 0 Å². The molecule has 6 heteroatoms. The summed E-state index contributed by atoms with van der Waals surface area (Å²) < 4.78 is 6.79.